The Morgan fingerprint density at radius 2 is 2.35 bits per heavy atom. The van der Waals surface area contributed by atoms with E-state index < -0.39 is 0 Å². The molecule has 1 aliphatic rings. The zero-order valence-electron chi connectivity index (χ0n) is 12.9. The highest BCUT2D eigenvalue weighted by atomic mass is 32.1. The lowest BCUT2D eigenvalue weighted by molar-refractivity contribution is 0.217. The second kappa shape index (κ2) is 5.86. The number of aromatic nitrogens is 5. The molecule has 1 atom stereocenters. The number of hydrogen-bond donors (Lipinski definition) is 0. The number of nitrogens with zero attached hydrogens (tertiary/aromatic N) is 6. The third kappa shape index (κ3) is 2.91. The minimum Gasteiger partial charge on any atom is -0.293 e. The minimum atomic E-state index is -0.0998. The molecule has 0 N–H and O–H groups in total. The van der Waals surface area contributed by atoms with Crippen molar-refractivity contribution in [1.82, 2.24) is 29.3 Å². The first-order valence-electron chi connectivity index (χ1n) is 7.77. The number of hydrogen-bond acceptors (Lipinski definition) is 6. The first-order valence-corrected chi connectivity index (χ1v) is 8.58. The van der Waals surface area contributed by atoms with Gasteiger partial charge in [0.05, 0.1) is 12.2 Å². The van der Waals surface area contributed by atoms with E-state index in [0.717, 1.165) is 30.2 Å². The quantitative estimate of drug-likeness (QED) is 0.722. The third-order valence-electron chi connectivity index (χ3n) is 4.22. The Morgan fingerprint density at radius 3 is 3.17 bits per heavy atom. The first kappa shape index (κ1) is 14.5. The average molecular weight is 330 g/mol. The van der Waals surface area contributed by atoms with Crippen LogP contribution >= 0.6 is 11.3 Å². The molecule has 1 aliphatic heterocycles. The van der Waals surface area contributed by atoms with Crippen molar-refractivity contribution in [3.05, 3.63) is 45.6 Å². The van der Waals surface area contributed by atoms with Gasteiger partial charge in [-0.05, 0) is 32.4 Å². The molecule has 120 valence electrons. The van der Waals surface area contributed by atoms with Gasteiger partial charge in [-0.2, -0.15) is 14.7 Å². The number of aryl methyl sites for hydroxylation is 1. The average Bonchev–Trinajstić information content (AvgIpc) is 3.22. The molecule has 0 aromatic carbocycles. The molecule has 0 saturated carbocycles. The van der Waals surface area contributed by atoms with Crippen molar-refractivity contribution in [3.8, 4) is 0 Å². The van der Waals surface area contributed by atoms with Crippen LogP contribution in [0.15, 0.2) is 29.3 Å². The van der Waals surface area contributed by atoms with Crippen LogP contribution in [-0.4, -0.2) is 41.9 Å². The predicted molar refractivity (Wildman–Crippen MR) is 87.5 cm³/mol. The Balaban J connectivity index is 1.55. The van der Waals surface area contributed by atoms with Crippen LogP contribution in [-0.2, 0) is 13.1 Å². The standard InChI is InChI=1S/C15H18N6OS/c1-11-18-21-14(22)8-12(17-15(21)23-11)9-19-6-2-4-13(19)10-20-7-3-5-16-20/h3,5,7-8,13H,2,4,6,9-10H2,1H3/t13-/m1/s1. The molecule has 23 heavy (non-hydrogen) atoms. The van der Waals surface area contributed by atoms with Crippen LogP contribution in [0.1, 0.15) is 23.5 Å². The summed E-state index contributed by atoms with van der Waals surface area (Å²) in [5.74, 6) is 0. The molecular formula is C15H18N6OS. The Labute approximate surface area is 137 Å². The molecule has 0 spiro atoms. The van der Waals surface area contributed by atoms with Crippen LogP contribution in [0, 0.1) is 6.92 Å². The number of likely N-dealkylation sites (tertiary alicyclic amines) is 1. The Hall–Kier alpha value is -2.06. The SMILES string of the molecule is Cc1nn2c(=O)cc(CN3CCC[C@@H]3Cn3cccn3)nc2s1. The van der Waals surface area contributed by atoms with E-state index in [4.69, 9.17) is 0 Å². The fraction of sp³-hybridized carbons (Fsp3) is 0.467. The smallest absolute Gasteiger partial charge is 0.275 e. The fourth-order valence-corrected chi connectivity index (χ4v) is 3.94. The first-order chi connectivity index (χ1) is 11.2. The molecule has 0 unspecified atom stereocenters. The normalized spacial score (nSPS) is 18.9. The molecule has 1 fully saturated rings. The molecule has 8 heteroatoms. The van der Waals surface area contributed by atoms with E-state index in [2.05, 4.69) is 20.1 Å². The maximum absolute atomic E-state index is 12.2. The van der Waals surface area contributed by atoms with E-state index >= 15 is 0 Å². The zero-order valence-corrected chi connectivity index (χ0v) is 13.7. The molecule has 7 nitrogen and oxygen atoms in total. The van der Waals surface area contributed by atoms with E-state index in [1.165, 1.54) is 22.3 Å². The maximum atomic E-state index is 12.2. The van der Waals surface area contributed by atoms with Crippen molar-refractivity contribution in [2.45, 2.75) is 38.9 Å². The highest BCUT2D eigenvalue weighted by molar-refractivity contribution is 7.16. The fourth-order valence-electron chi connectivity index (χ4n) is 3.18. The molecular weight excluding hydrogens is 312 g/mol. The van der Waals surface area contributed by atoms with Crippen LogP contribution in [0.5, 0.6) is 0 Å². The Kier molecular flexibility index (Phi) is 3.70. The molecule has 0 amide bonds. The van der Waals surface area contributed by atoms with E-state index in [1.54, 1.807) is 6.07 Å². The number of fused-ring (bicyclic) bond motifs is 1. The van der Waals surface area contributed by atoms with Crippen molar-refractivity contribution in [2.24, 2.45) is 0 Å². The van der Waals surface area contributed by atoms with Gasteiger partial charge in [0.15, 0.2) is 0 Å². The summed E-state index contributed by atoms with van der Waals surface area (Å²) < 4.78 is 3.36. The summed E-state index contributed by atoms with van der Waals surface area (Å²) in [6.07, 6.45) is 6.13. The molecule has 4 rings (SSSR count). The lowest BCUT2D eigenvalue weighted by Crippen LogP contribution is -2.33. The molecule has 3 aromatic rings. The van der Waals surface area contributed by atoms with Crippen LogP contribution < -0.4 is 5.56 Å². The van der Waals surface area contributed by atoms with E-state index in [9.17, 15) is 4.79 Å². The van der Waals surface area contributed by atoms with E-state index in [0.29, 0.717) is 17.5 Å². The summed E-state index contributed by atoms with van der Waals surface area (Å²) >= 11 is 1.45. The van der Waals surface area contributed by atoms with Crippen molar-refractivity contribution < 1.29 is 0 Å². The topological polar surface area (TPSA) is 68.3 Å². The van der Waals surface area contributed by atoms with Gasteiger partial charge >= 0.3 is 0 Å². The molecule has 0 bridgehead atoms. The number of rotatable bonds is 4. The van der Waals surface area contributed by atoms with Gasteiger partial charge in [0.1, 0.15) is 5.01 Å². The summed E-state index contributed by atoms with van der Waals surface area (Å²) in [6, 6.07) is 4.00. The monoisotopic (exact) mass is 330 g/mol. The highest BCUT2D eigenvalue weighted by Gasteiger charge is 2.25. The van der Waals surface area contributed by atoms with Crippen molar-refractivity contribution >= 4 is 16.3 Å². The Bertz CT molecular complexity index is 868. The molecule has 3 aromatic heterocycles. The summed E-state index contributed by atoms with van der Waals surface area (Å²) in [5, 5.41) is 9.33. The van der Waals surface area contributed by atoms with Crippen molar-refractivity contribution in [2.75, 3.05) is 6.54 Å². The second-order valence-electron chi connectivity index (χ2n) is 5.90. The Morgan fingerprint density at radius 1 is 1.43 bits per heavy atom. The lowest BCUT2D eigenvalue weighted by Gasteiger charge is -2.23. The molecule has 1 saturated heterocycles. The summed E-state index contributed by atoms with van der Waals surface area (Å²) in [6.45, 7) is 4.51. The lowest BCUT2D eigenvalue weighted by atomic mass is 10.2. The minimum absolute atomic E-state index is 0.0998. The zero-order chi connectivity index (χ0) is 15.8. The van der Waals surface area contributed by atoms with Crippen molar-refractivity contribution in [1.29, 1.82) is 0 Å². The van der Waals surface area contributed by atoms with Crippen LogP contribution in [0.3, 0.4) is 0 Å². The van der Waals surface area contributed by atoms with Gasteiger partial charge in [-0.3, -0.25) is 14.4 Å². The van der Waals surface area contributed by atoms with Gasteiger partial charge in [-0.1, -0.05) is 11.3 Å². The van der Waals surface area contributed by atoms with Gasteiger partial charge in [0, 0.05) is 31.0 Å². The summed E-state index contributed by atoms with van der Waals surface area (Å²) in [7, 11) is 0. The maximum Gasteiger partial charge on any atom is 0.275 e. The second-order valence-corrected chi connectivity index (χ2v) is 7.06. The van der Waals surface area contributed by atoms with Crippen LogP contribution in [0.4, 0.5) is 0 Å². The summed E-state index contributed by atoms with van der Waals surface area (Å²) in [5.41, 5.74) is 0.725. The van der Waals surface area contributed by atoms with Crippen molar-refractivity contribution in [3.63, 3.8) is 0 Å². The molecule has 4 heterocycles. The van der Waals surface area contributed by atoms with E-state index in [-0.39, 0.29) is 5.56 Å². The van der Waals surface area contributed by atoms with Gasteiger partial charge < -0.3 is 0 Å². The largest absolute Gasteiger partial charge is 0.293 e. The van der Waals surface area contributed by atoms with Gasteiger partial charge in [-0.15, -0.1) is 0 Å². The van der Waals surface area contributed by atoms with Gasteiger partial charge in [0.2, 0.25) is 4.96 Å². The summed E-state index contributed by atoms with van der Waals surface area (Å²) in [4.78, 5) is 19.8. The van der Waals surface area contributed by atoms with Crippen LogP contribution in [0.25, 0.3) is 4.96 Å². The molecule has 0 radical (unpaired) electrons. The highest BCUT2D eigenvalue weighted by Crippen LogP contribution is 2.21. The molecule has 0 aliphatic carbocycles. The third-order valence-corrected chi connectivity index (χ3v) is 5.04. The van der Waals surface area contributed by atoms with Gasteiger partial charge in [-0.25, -0.2) is 4.98 Å². The van der Waals surface area contributed by atoms with Gasteiger partial charge in [0.25, 0.3) is 5.56 Å². The van der Waals surface area contributed by atoms with E-state index in [1.807, 2.05) is 30.1 Å². The van der Waals surface area contributed by atoms with Crippen LogP contribution in [0.2, 0.25) is 0 Å². The predicted octanol–water partition coefficient (Wildman–Crippen LogP) is 1.32.